The first-order valence-electron chi connectivity index (χ1n) is 8.45. The van der Waals surface area contributed by atoms with E-state index in [0.717, 1.165) is 37.3 Å². The van der Waals surface area contributed by atoms with Crippen molar-refractivity contribution in [3.8, 4) is 5.75 Å². The molecule has 126 valence electrons. The molecule has 1 aromatic rings. The van der Waals surface area contributed by atoms with Crippen LogP contribution in [0.2, 0.25) is 0 Å². The van der Waals surface area contributed by atoms with E-state index >= 15 is 0 Å². The van der Waals surface area contributed by atoms with Gasteiger partial charge in [0.05, 0.1) is 18.3 Å². The van der Waals surface area contributed by atoms with E-state index in [1.54, 1.807) is 7.11 Å². The third kappa shape index (κ3) is 3.15. The molecule has 2 aliphatic heterocycles. The van der Waals surface area contributed by atoms with Crippen LogP contribution in [0.3, 0.4) is 0 Å². The Morgan fingerprint density at radius 1 is 1.04 bits per heavy atom. The van der Waals surface area contributed by atoms with Crippen molar-refractivity contribution in [1.29, 1.82) is 0 Å². The fourth-order valence-electron chi connectivity index (χ4n) is 3.23. The van der Waals surface area contributed by atoms with Crippen LogP contribution in [0.15, 0.2) is 18.2 Å². The van der Waals surface area contributed by atoms with Crippen molar-refractivity contribution in [3.63, 3.8) is 0 Å². The van der Waals surface area contributed by atoms with Gasteiger partial charge in [-0.3, -0.25) is 0 Å². The molecule has 0 atom stereocenters. The van der Waals surface area contributed by atoms with E-state index in [0.29, 0.717) is 5.92 Å². The van der Waals surface area contributed by atoms with E-state index < -0.39 is 0 Å². The molecule has 2 fully saturated rings. The zero-order chi connectivity index (χ0) is 16.7. The summed E-state index contributed by atoms with van der Waals surface area (Å²) in [6.07, 6.45) is 2.08. The number of benzene rings is 1. The first-order chi connectivity index (χ1) is 10.8. The summed E-state index contributed by atoms with van der Waals surface area (Å²) in [6.45, 7) is 9.98. The molecule has 0 aliphatic carbocycles. The maximum Gasteiger partial charge on any atom is 0.495 e. The lowest BCUT2D eigenvalue weighted by Gasteiger charge is -2.32. The van der Waals surface area contributed by atoms with E-state index in [4.69, 9.17) is 18.8 Å². The van der Waals surface area contributed by atoms with Gasteiger partial charge in [0.15, 0.2) is 0 Å². The van der Waals surface area contributed by atoms with Gasteiger partial charge in [-0.05, 0) is 69.6 Å². The van der Waals surface area contributed by atoms with Gasteiger partial charge in [0.1, 0.15) is 5.75 Å². The van der Waals surface area contributed by atoms with E-state index in [1.807, 2.05) is 6.07 Å². The van der Waals surface area contributed by atoms with Gasteiger partial charge in [0.25, 0.3) is 0 Å². The van der Waals surface area contributed by atoms with E-state index in [2.05, 4.69) is 39.8 Å². The minimum atomic E-state index is -0.354. The Kier molecular flexibility index (Phi) is 4.47. The molecular formula is C18H27BO4. The standard InChI is InChI=1S/C18H27BO4/c1-17(2)18(3,4)23-19(22-17)16-12-14(20-5)6-7-15(16)13-8-10-21-11-9-13/h6-7,12-13H,8-11H2,1-5H3. The molecule has 0 aromatic heterocycles. The molecule has 0 N–H and O–H groups in total. The lowest BCUT2D eigenvalue weighted by molar-refractivity contribution is 0.00578. The highest BCUT2D eigenvalue weighted by Crippen LogP contribution is 2.38. The summed E-state index contributed by atoms with van der Waals surface area (Å²) in [5.41, 5.74) is 1.71. The van der Waals surface area contributed by atoms with Crippen LogP contribution >= 0.6 is 0 Å². The molecule has 5 heteroatoms. The monoisotopic (exact) mass is 318 g/mol. The average Bonchev–Trinajstić information content (AvgIpc) is 2.75. The van der Waals surface area contributed by atoms with Crippen LogP contribution in [0.5, 0.6) is 5.75 Å². The van der Waals surface area contributed by atoms with Crippen molar-refractivity contribution in [3.05, 3.63) is 23.8 Å². The van der Waals surface area contributed by atoms with E-state index in [1.165, 1.54) is 5.56 Å². The van der Waals surface area contributed by atoms with Crippen molar-refractivity contribution >= 4 is 12.6 Å². The third-order valence-electron chi connectivity index (χ3n) is 5.46. The summed E-state index contributed by atoms with van der Waals surface area (Å²) in [6, 6.07) is 6.25. The number of ether oxygens (including phenoxy) is 2. The smallest absolute Gasteiger partial charge is 0.495 e. The van der Waals surface area contributed by atoms with Crippen molar-refractivity contribution in [1.82, 2.24) is 0 Å². The van der Waals surface area contributed by atoms with Crippen LogP contribution in [0.1, 0.15) is 52.0 Å². The molecule has 0 unspecified atom stereocenters. The summed E-state index contributed by atoms with van der Waals surface area (Å²) in [4.78, 5) is 0. The fraction of sp³-hybridized carbons (Fsp3) is 0.667. The zero-order valence-corrected chi connectivity index (χ0v) is 14.8. The molecule has 0 saturated carbocycles. The summed E-state index contributed by atoms with van der Waals surface area (Å²) in [7, 11) is 1.34. The van der Waals surface area contributed by atoms with Crippen molar-refractivity contribution in [2.75, 3.05) is 20.3 Å². The molecule has 2 saturated heterocycles. The Labute approximate surface area is 139 Å². The number of hydrogen-bond donors (Lipinski definition) is 0. The molecule has 0 amide bonds. The second-order valence-corrected chi connectivity index (χ2v) is 7.47. The lowest BCUT2D eigenvalue weighted by Crippen LogP contribution is -2.41. The normalized spacial score (nSPS) is 24.0. The Balaban J connectivity index is 1.96. The van der Waals surface area contributed by atoms with Crippen molar-refractivity contribution < 1.29 is 18.8 Å². The minimum Gasteiger partial charge on any atom is -0.497 e. The molecule has 3 rings (SSSR count). The highest BCUT2D eigenvalue weighted by Gasteiger charge is 2.52. The predicted octanol–water partition coefficient (Wildman–Crippen LogP) is 2.89. The molecule has 2 aliphatic rings. The average molecular weight is 318 g/mol. The summed E-state index contributed by atoms with van der Waals surface area (Å²) < 4.78 is 23.5. The summed E-state index contributed by atoms with van der Waals surface area (Å²) in [5.74, 6) is 1.33. The molecule has 2 heterocycles. The molecule has 1 aromatic carbocycles. The van der Waals surface area contributed by atoms with Gasteiger partial charge in [-0.2, -0.15) is 0 Å². The first-order valence-corrected chi connectivity index (χ1v) is 8.45. The fourth-order valence-corrected chi connectivity index (χ4v) is 3.23. The Morgan fingerprint density at radius 3 is 2.22 bits per heavy atom. The lowest BCUT2D eigenvalue weighted by atomic mass is 9.71. The molecule has 0 bridgehead atoms. The highest BCUT2D eigenvalue weighted by atomic mass is 16.7. The van der Waals surface area contributed by atoms with Gasteiger partial charge in [-0.15, -0.1) is 0 Å². The summed E-state index contributed by atoms with van der Waals surface area (Å²) >= 11 is 0. The Morgan fingerprint density at radius 2 is 1.65 bits per heavy atom. The molecule has 4 nitrogen and oxygen atoms in total. The molecular weight excluding hydrogens is 291 g/mol. The second kappa shape index (κ2) is 6.12. The van der Waals surface area contributed by atoms with Crippen molar-refractivity contribution in [2.24, 2.45) is 0 Å². The molecule has 0 radical (unpaired) electrons. The predicted molar refractivity (Wildman–Crippen MR) is 91.5 cm³/mol. The topological polar surface area (TPSA) is 36.9 Å². The third-order valence-corrected chi connectivity index (χ3v) is 5.46. The van der Waals surface area contributed by atoms with Gasteiger partial charge in [-0.25, -0.2) is 0 Å². The Hall–Kier alpha value is -1.04. The van der Waals surface area contributed by atoms with Crippen LogP contribution in [0, 0.1) is 0 Å². The van der Waals surface area contributed by atoms with Crippen LogP contribution in [0.4, 0.5) is 0 Å². The minimum absolute atomic E-state index is 0.340. The van der Waals surface area contributed by atoms with Crippen LogP contribution < -0.4 is 10.2 Å². The van der Waals surface area contributed by atoms with E-state index in [9.17, 15) is 0 Å². The van der Waals surface area contributed by atoms with Gasteiger partial charge in [-0.1, -0.05) is 6.07 Å². The highest BCUT2D eigenvalue weighted by molar-refractivity contribution is 6.62. The first kappa shape index (κ1) is 16.8. The summed E-state index contributed by atoms with van der Waals surface area (Å²) in [5, 5.41) is 0. The van der Waals surface area contributed by atoms with Gasteiger partial charge in [0.2, 0.25) is 0 Å². The van der Waals surface area contributed by atoms with Crippen LogP contribution in [-0.4, -0.2) is 38.6 Å². The number of methoxy groups -OCH3 is 1. The SMILES string of the molecule is COc1ccc(C2CCOCC2)c(B2OC(C)(C)C(C)(C)O2)c1. The largest absolute Gasteiger partial charge is 0.497 e. The molecule has 0 spiro atoms. The Bertz CT molecular complexity index is 548. The number of hydrogen-bond acceptors (Lipinski definition) is 4. The van der Waals surface area contributed by atoms with E-state index in [-0.39, 0.29) is 18.3 Å². The van der Waals surface area contributed by atoms with Crippen LogP contribution in [0.25, 0.3) is 0 Å². The maximum absolute atomic E-state index is 6.27. The zero-order valence-electron chi connectivity index (χ0n) is 14.8. The second-order valence-electron chi connectivity index (χ2n) is 7.47. The maximum atomic E-state index is 6.27. The van der Waals surface area contributed by atoms with Crippen LogP contribution in [-0.2, 0) is 14.0 Å². The van der Waals surface area contributed by atoms with Crippen molar-refractivity contribution in [2.45, 2.75) is 57.7 Å². The number of rotatable bonds is 3. The molecule has 23 heavy (non-hydrogen) atoms. The quantitative estimate of drug-likeness (QED) is 0.803. The van der Waals surface area contributed by atoms with Gasteiger partial charge in [0, 0.05) is 13.2 Å². The van der Waals surface area contributed by atoms with Gasteiger partial charge >= 0.3 is 7.12 Å². The van der Waals surface area contributed by atoms with Gasteiger partial charge < -0.3 is 18.8 Å².